The van der Waals surface area contributed by atoms with E-state index >= 15 is 0 Å². The number of hydrogen-bond acceptors (Lipinski definition) is 2. The van der Waals surface area contributed by atoms with Crippen molar-refractivity contribution in [2.24, 2.45) is 0 Å². The van der Waals surface area contributed by atoms with Crippen LogP contribution in [0.1, 0.15) is 18.9 Å². The molecule has 1 aromatic heterocycles. The first-order valence-corrected chi connectivity index (χ1v) is 7.06. The summed E-state index contributed by atoms with van der Waals surface area (Å²) in [4.78, 5) is 12.6. The molecule has 18 heavy (non-hydrogen) atoms. The van der Waals surface area contributed by atoms with Crippen LogP contribution in [0.25, 0.3) is 20.2 Å². The van der Waals surface area contributed by atoms with Crippen molar-refractivity contribution in [1.29, 1.82) is 0 Å². The Morgan fingerprint density at radius 2 is 1.78 bits per heavy atom. The zero-order chi connectivity index (χ0) is 12.5. The first-order chi connectivity index (χ1) is 8.81. The van der Waals surface area contributed by atoms with Gasteiger partial charge in [0, 0.05) is 20.2 Å². The average Bonchev–Trinajstić information content (AvgIpc) is 2.39. The van der Waals surface area contributed by atoms with Crippen LogP contribution in [0, 0.1) is 0 Å². The number of fused-ring (bicyclic) bond motifs is 2. The van der Waals surface area contributed by atoms with Crippen molar-refractivity contribution in [3.63, 3.8) is 0 Å². The van der Waals surface area contributed by atoms with E-state index in [9.17, 15) is 4.79 Å². The fourth-order valence-electron chi connectivity index (χ4n) is 2.39. The molecule has 0 atom stereocenters. The van der Waals surface area contributed by atoms with Gasteiger partial charge in [0.15, 0.2) is 5.43 Å². The predicted octanol–water partition coefficient (Wildman–Crippen LogP) is 4.37. The minimum absolute atomic E-state index is 0.184. The Morgan fingerprint density at radius 1 is 1.00 bits per heavy atom. The molecule has 0 radical (unpaired) electrons. The van der Waals surface area contributed by atoms with Crippen molar-refractivity contribution < 1.29 is 0 Å². The Labute approximate surface area is 110 Å². The minimum atomic E-state index is 0.184. The van der Waals surface area contributed by atoms with Crippen LogP contribution in [-0.2, 0) is 6.42 Å². The number of hydrogen-bond donors (Lipinski definition) is 0. The molecule has 0 saturated heterocycles. The number of benzene rings is 2. The summed E-state index contributed by atoms with van der Waals surface area (Å²) in [5.41, 5.74) is 1.37. The molecule has 1 heterocycles. The van der Waals surface area contributed by atoms with Gasteiger partial charge < -0.3 is 0 Å². The molecule has 0 fully saturated rings. The fraction of sp³-hybridized carbons (Fsp3) is 0.188. The van der Waals surface area contributed by atoms with E-state index < -0.39 is 0 Å². The highest BCUT2D eigenvalue weighted by molar-refractivity contribution is 7.24. The molecule has 0 N–H and O–H groups in total. The predicted molar refractivity (Wildman–Crippen MR) is 79.6 cm³/mol. The van der Waals surface area contributed by atoms with Crippen LogP contribution in [0.2, 0.25) is 0 Å². The summed E-state index contributed by atoms with van der Waals surface area (Å²) in [6.45, 7) is 2.15. The van der Waals surface area contributed by atoms with Crippen molar-refractivity contribution in [1.82, 2.24) is 0 Å². The summed E-state index contributed by atoms with van der Waals surface area (Å²) in [6.07, 6.45) is 2.04. The lowest BCUT2D eigenvalue weighted by Crippen LogP contribution is -2.04. The van der Waals surface area contributed by atoms with Crippen LogP contribution in [0.5, 0.6) is 0 Å². The Kier molecular flexibility index (Phi) is 2.88. The molecular formula is C16H14OS. The second-order valence-electron chi connectivity index (χ2n) is 4.47. The molecule has 1 nitrogen and oxygen atoms in total. The first kappa shape index (κ1) is 11.4. The van der Waals surface area contributed by atoms with Gasteiger partial charge in [-0.3, -0.25) is 4.79 Å². The molecule has 2 aromatic carbocycles. The van der Waals surface area contributed by atoms with E-state index in [0.29, 0.717) is 0 Å². The van der Waals surface area contributed by atoms with Gasteiger partial charge in [-0.2, -0.15) is 0 Å². The third-order valence-electron chi connectivity index (χ3n) is 3.21. The van der Waals surface area contributed by atoms with Gasteiger partial charge in [-0.15, -0.1) is 11.3 Å². The standard InChI is InChI=1S/C16H14OS/c1-2-6-11-7-5-10-14-15(11)16(17)12-8-3-4-9-13(12)18-14/h3-5,7-10H,2,6H2,1H3. The third kappa shape index (κ3) is 1.73. The topological polar surface area (TPSA) is 17.1 Å². The third-order valence-corrected chi connectivity index (χ3v) is 4.35. The minimum Gasteiger partial charge on any atom is -0.288 e. The highest BCUT2D eigenvalue weighted by atomic mass is 32.1. The van der Waals surface area contributed by atoms with Gasteiger partial charge in [-0.05, 0) is 30.2 Å². The Bertz CT molecular complexity index is 771. The van der Waals surface area contributed by atoms with Crippen molar-refractivity contribution in [2.75, 3.05) is 0 Å². The van der Waals surface area contributed by atoms with Gasteiger partial charge in [0.2, 0.25) is 0 Å². The Hall–Kier alpha value is -1.67. The molecule has 90 valence electrons. The summed E-state index contributed by atoms with van der Waals surface area (Å²) in [6, 6.07) is 14.0. The first-order valence-electron chi connectivity index (χ1n) is 6.24. The highest BCUT2D eigenvalue weighted by Crippen LogP contribution is 2.26. The molecule has 3 rings (SSSR count). The van der Waals surface area contributed by atoms with Gasteiger partial charge in [-0.1, -0.05) is 37.6 Å². The molecule has 0 amide bonds. The van der Waals surface area contributed by atoms with E-state index in [0.717, 1.165) is 33.0 Å². The van der Waals surface area contributed by atoms with Gasteiger partial charge in [0.1, 0.15) is 0 Å². The van der Waals surface area contributed by atoms with Gasteiger partial charge in [-0.25, -0.2) is 0 Å². The van der Waals surface area contributed by atoms with Gasteiger partial charge >= 0.3 is 0 Å². The number of aryl methyl sites for hydroxylation is 1. The maximum atomic E-state index is 12.6. The van der Waals surface area contributed by atoms with E-state index in [1.54, 1.807) is 11.3 Å². The maximum Gasteiger partial charge on any atom is 0.196 e. The molecular weight excluding hydrogens is 240 g/mol. The normalized spacial score (nSPS) is 11.2. The smallest absolute Gasteiger partial charge is 0.196 e. The van der Waals surface area contributed by atoms with E-state index in [1.807, 2.05) is 30.3 Å². The number of rotatable bonds is 2. The molecule has 3 aromatic rings. The van der Waals surface area contributed by atoms with Crippen molar-refractivity contribution in [3.8, 4) is 0 Å². The molecule has 2 heteroatoms. The Morgan fingerprint density at radius 3 is 2.61 bits per heavy atom. The van der Waals surface area contributed by atoms with Crippen molar-refractivity contribution in [3.05, 3.63) is 58.3 Å². The lowest BCUT2D eigenvalue weighted by molar-refractivity contribution is 0.929. The summed E-state index contributed by atoms with van der Waals surface area (Å²) in [5, 5.41) is 1.77. The molecule has 0 spiro atoms. The van der Waals surface area contributed by atoms with Gasteiger partial charge in [0.25, 0.3) is 0 Å². The SMILES string of the molecule is CCCc1cccc2sc3ccccc3c(=O)c12. The zero-order valence-electron chi connectivity index (χ0n) is 10.3. The fourth-order valence-corrected chi connectivity index (χ4v) is 3.52. The van der Waals surface area contributed by atoms with Crippen molar-refractivity contribution in [2.45, 2.75) is 19.8 Å². The Balaban J connectivity index is 2.49. The molecule has 0 aliphatic carbocycles. The molecule has 0 unspecified atom stereocenters. The van der Waals surface area contributed by atoms with Crippen LogP contribution in [-0.4, -0.2) is 0 Å². The average molecular weight is 254 g/mol. The zero-order valence-corrected chi connectivity index (χ0v) is 11.1. The lowest BCUT2D eigenvalue weighted by atomic mass is 10.0. The van der Waals surface area contributed by atoms with E-state index in [2.05, 4.69) is 19.1 Å². The molecule has 0 aliphatic heterocycles. The van der Waals surface area contributed by atoms with Crippen molar-refractivity contribution >= 4 is 31.5 Å². The summed E-state index contributed by atoms with van der Waals surface area (Å²) < 4.78 is 2.17. The van der Waals surface area contributed by atoms with Crippen LogP contribution in [0.15, 0.2) is 47.3 Å². The quantitative estimate of drug-likeness (QED) is 0.621. The van der Waals surface area contributed by atoms with Crippen LogP contribution >= 0.6 is 11.3 Å². The summed E-state index contributed by atoms with van der Waals surface area (Å²) in [7, 11) is 0. The van der Waals surface area contributed by atoms with Gasteiger partial charge in [0.05, 0.1) is 0 Å². The monoisotopic (exact) mass is 254 g/mol. The molecule has 0 bridgehead atoms. The lowest BCUT2D eigenvalue weighted by Gasteiger charge is -2.05. The van der Waals surface area contributed by atoms with E-state index in [1.165, 1.54) is 5.56 Å². The second kappa shape index (κ2) is 4.54. The molecule has 0 saturated carbocycles. The highest BCUT2D eigenvalue weighted by Gasteiger charge is 2.08. The van der Waals surface area contributed by atoms with E-state index in [-0.39, 0.29) is 5.43 Å². The van der Waals surface area contributed by atoms with Crippen LogP contribution < -0.4 is 5.43 Å². The summed E-state index contributed by atoms with van der Waals surface area (Å²) in [5.74, 6) is 0. The van der Waals surface area contributed by atoms with Crippen LogP contribution in [0.3, 0.4) is 0 Å². The van der Waals surface area contributed by atoms with Crippen LogP contribution in [0.4, 0.5) is 0 Å². The van der Waals surface area contributed by atoms with E-state index in [4.69, 9.17) is 0 Å². The maximum absolute atomic E-state index is 12.6. The molecule has 0 aliphatic rings. The largest absolute Gasteiger partial charge is 0.288 e. The second-order valence-corrected chi connectivity index (χ2v) is 5.55. The summed E-state index contributed by atoms with van der Waals surface area (Å²) >= 11 is 1.71.